The third-order valence-corrected chi connectivity index (χ3v) is 5.91. The molecule has 3 aromatic carbocycles. The molecular weight excluding hydrogens is 455 g/mol. The Labute approximate surface area is 201 Å². The Morgan fingerprint density at radius 1 is 0.971 bits per heavy atom. The van der Waals surface area contributed by atoms with Crippen LogP contribution in [0.3, 0.4) is 0 Å². The molecule has 1 N–H and O–H groups in total. The zero-order chi connectivity index (χ0) is 24.1. The number of nitrogens with one attached hydrogen (secondary N) is 1. The highest BCUT2D eigenvalue weighted by molar-refractivity contribution is 8.18. The molecule has 1 heterocycles. The van der Waals surface area contributed by atoms with Crippen LogP contribution in [-0.4, -0.2) is 25.3 Å². The van der Waals surface area contributed by atoms with Gasteiger partial charge in [-0.05, 0) is 77.9 Å². The first-order valence-corrected chi connectivity index (χ1v) is 11.3. The van der Waals surface area contributed by atoms with Crippen LogP contribution in [0, 0.1) is 12.7 Å². The van der Waals surface area contributed by atoms with Crippen LogP contribution in [0.4, 0.5) is 10.1 Å². The minimum atomic E-state index is -0.293. The number of aliphatic imine (C=N–C) groups is 1. The largest absolute Gasteiger partial charge is 0.494 e. The lowest BCUT2D eigenvalue weighted by Crippen LogP contribution is -2.19. The van der Waals surface area contributed by atoms with Crippen LogP contribution in [-0.2, 0) is 11.4 Å². The third kappa shape index (κ3) is 5.58. The molecule has 4 rings (SSSR count). The first-order valence-electron chi connectivity index (χ1n) is 10.4. The van der Waals surface area contributed by atoms with Gasteiger partial charge in [-0.1, -0.05) is 24.3 Å². The molecule has 1 fully saturated rings. The summed E-state index contributed by atoms with van der Waals surface area (Å²) < 4.78 is 29.7. The number of carbonyl (C=O) groups excluding carboxylic acids is 1. The van der Waals surface area contributed by atoms with E-state index in [9.17, 15) is 9.18 Å². The molecule has 0 aliphatic carbocycles. The normalized spacial score (nSPS) is 15.5. The van der Waals surface area contributed by atoms with E-state index in [4.69, 9.17) is 14.2 Å². The van der Waals surface area contributed by atoms with Crippen molar-refractivity contribution >= 4 is 34.6 Å². The molecule has 0 aromatic heterocycles. The minimum absolute atomic E-state index is 0.231. The Bertz CT molecular complexity index is 1270. The Balaban J connectivity index is 1.50. The zero-order valence-electron chi connectivity index (χ0n) is 18.9. The molecule has 0 atom stereocenters. The highest BCUT2D eigenvalue weighted by atomic mass is 32.2. The summed E-state index contributed by atoms with van der Waals surface area (Å²) in [6, 6.07) is 17.2. The fourth-order valence-corrected chi connectivity index (χ4v) is 4.10. The summed E-state index contributed by atoms with van der Waals surface area (Å²) in [6.45, 7) is 2.24. The highest BCUT2D eigenvalue weighted by Crippen LogP contribution is 2.34. The van der Waals surface area contributed by atoms with Crippen molar-refractivity contribution in [3.05, 3.63) is 88.1 Å². The summed E-state index contributed by atoms with van der Waals surface area (Å²) in [7, 11) is 3.13. The third-order valence-electron chi connectivity index (χ3n) is 5.00. The molecule has 1 saturated heterocycles. The Kier molecular flexibility index (Phi) is 7.18. The molecule has 0 unspecified atom stereocenters. The van der Waals surface area contributed by atoms with Crippen molar-refractivity contribution in [3.63, 3.8) is 0 Å². The van der Waals surface area contributed by atoms with Crippen LogP contribution in [0.5, 0.6) is 17.2 Å². The smallest absolute Gasteiger partial charge is 0.264 e. The number of rotatable bonds is 7. The molecule has 0 saturated carbocycles. The SMILES string of the molecule is COc1ccc(C)cc1N=C1NC(=O)/C(=C/c2ccc(OCc3ccc(F)cc3)c(OC)c2)S1. The van der Waals surface area contributed by atoms with E-state index in [0.717, 1.165) is 16.7 Å². The Morgan fingerprint density at radius 2 is 1.71 bits per heavy atom. The average Bonchev–Trinajstić information content (AvgIpc) is 3.17. The summed E-state index contributed by atoms with van der Waals surface area (Å²) in [4.78, 5) is 17.6. The van der Waals surface area contributed by atoms with Gasteiger partial charge in [0.1, 0.15) is 23.9 Å². The number of amides is 1. The second-order valence-electron chi connectivity index (χ2n) is 7.48. The van der Waals surface area contributed by atoms with Gasteiger partial charge in [0.15, 0.2) is 16.7 Å². The van der Waals surface area contributed by atoms with Crippen molar-refractivity contribution in [1.82, 2.24) is 5.32 Å². The van der Waals surface area contributed by atoms with Crippen LogP contribution < -0.4 is 19.5 Å². The van der Waals surface area contributed by atoms with Gasteiger partial charge in [0, 0.05) is 0 Å². The second kappa shape index (κ2) is 10.4. The van der Waals surface area contributed by atoms with Crippen molar-refractivity contribution in [3.8, 4) is 17.2 Å². The maximum atomic E-state index is 13.1. The number of halogens is 1. The number of benzene rings is 3. The molecule has 0 bridgehead atoms. The minimum Gasteiger partial charge on any atom is -0.494 e. The van der Waals surface area contributed by atoms with E-state index in [1.807, 2.05) is 31.2 Å². The van der Waals surface area contributed by atoms with E-state index >= 15 is 0 Å². The van der Waals surface area contributed by atoms with Crippen LogP contribution >= 0.6 is 11.8 Å². The first kappa shape index (κ1) is 23.4. The van der Waals surface area contributed by atoms with E-state index < -0.39 is 0 Å². The lowest BCUT2D eigenvalue weighted by Gasteiger charge is -2.11. The summed E-state index contributed by atoms with van der Waals surface area (Å²) in [5.41, 5.74) is 3.30. The molecule has 0 spiro atoms. The van der Waals surface area contributed by atoms with Gasteiger partial charge in [-0.25, -0.2) is 9.38 Å². The van der Waals surface area contributed by atoms with Gasteiger partial charge < -0.3 is 19.5 Å². The number of ether oxygens (including phenoxy) is 3. The highest BCUT2D eigenvalue weighted by Gasteiger charge is 2.24. The van der Waals surface area contributed by atoms with E-state index in [-0.39, 0.29) is 18.3 Å². The van der Waals surface area contributed by atoms with Crippen molar-refractivity contribution in [1.29, 1.82) is 0 Å². The summed E-state index contributed by atoms with van der Waals surface area (Å²) in [5.74, 6) is 1.18. The molecule has 34 heavy (non-hydrogen) atoms. The van der Waals surface area contributed by atoms with Gasteiger partial charge in [-0.15, -0.1) is 0 Å². The summed E-state index contributed by atoms with van der Waals surface area (Å²) in [5, 5.41) is 3.27. The van der Waals surface area contributed by atoms with E-state index in [1.54, 1.807) is 44.6 Å². The molecule has 1 aliphatic heterocycles. The van der Waals surface area contributed by atoms with Crippen LogP contribution in [0.1, 0.15) is 16.7 Å². The topological polar surface area (TPSA) is 69.2 Å². The van der Waals surface area contributed by atoms with E-state index in [1.165, 1.54) is 23.9 Å². The predicted octanol–water partition coefficient (Wildman–Crippen LogP) is 5.62. The number of nitrogens with zero attached hydrogens (tertiary/aromatic N) is 1. The van der Waals surface area contributed by atoms with Crippen LogP contribution in [0.15, 0.2) is 70.6 Å². The fraction of sp³-hybridized carbons (Fsp3) is 0.154. The Morgan fingerprint density at radius 3 is 2.44 bits per heavy atom. The number of amidine groups is 1. The molecule has 0 radical (unpaired) electrons. The van der Waals surface area contributed by atoms with Gasteiger partial charge in [-0.2, -0.15) is 0 Å². The number of methoxy groups -OCH3 is 2. The van der Waals surface area contributed by atoms with Crippen LogP contribution in [0.25, 0.3) is 6.08 Å². The zero-order valence-corrected chi connectivity index (χ0v) is 19.7. The Hall–Kier alpha value is -3.78. The molecule has 6 nitrogen and oxygen atoms in total. The van der Waals surface area contributed by atoms with Crippen molar-refractivity contribution in [2.24, 2.45) is 4.99 Å². The monoisotopic (exact) mass is 478 g/mol. The lowest BCUT2D eigenvalue weighted by atomic mass is 10.2. The van der Waals surface area contributed by atoms with E-state index in [2.05, 4.69) is 10.3 Å². The summed E-state index contributed by atoms with van der Waals surface area (Å²) >= 11 is 1.25. The fourth-order valence-electron chi connectivity index (χ4n) is 3.26. The molecule has 3 aromatic rings. The summed E-state index contributed by atoms with van der Waals surface area (Å²) in [6.07, 6.45) is 1.77. The van der Waals surface area contributed by atoms with Gasteiger partial charge in [-0.3, -0.25) is 4.79 Å². The van der Waals surface area contributed by atoms with Crippen molar-refractivity contribution < 1.29 is 23.4 Å². The van der Waals surface area contributed by atoms with Crippen molar-refractivity contribution in [2.45, 2.75) is 13.5 Å². The van der Waals surface area contributed by atoms with Gasteiger partial charge in [0.05, 0.1) is 19.1 Å². The molecule has 1 aliphatic rings. The number of thioether (sulfide) groups is 1. The van der Waals surface area contributed by atoms with E-state index in [0.29, 0.717) is 33.0 Å². The number of carbonyl (C=O) groups is 1. The van der Waals surface area contributed by atoms with Crippen LogP contribution in [0.2, 0.25) is 0 Å². The molecule has 174 valence electrons. The predicted molar refractivity (Wildman–Crippen MR) is 132 cm³/mol. The standard InChI is InChI=1S/C26H23FN2O4S/c1-16-4-10-21(31-2)20(12-16)28-26-29-25(30)24(34-26)14-18-7-11-22(23(13-18)32-3)33-15-17-5-8-19(27)9-6-17/h4-14H,15H2,1-3H3,(H,28,29,30)/b24-14-. The number of aryl methyl sites for hydroxylation is 1. The van der Waals surface area contributed by atoms with Gasteiger partial charge in [0.25, 0.3) is 5.91 Å². The van der Waals surface area contributed by atoms with Gasteiger partial charge in [0.2, 0.25) is 0 Å². The second-order valence-corrected chi connectivity index (χ2v) is 8.51. The molecule has 8 heteroatoms. The number of hydrogen-bond donors (Lipinski definition) is 1. The molecular formula is C26H23FN2O4S. The maximum absolute atomic E-state index is 13.1. The maximum Gasteiger partial charge on any atom is 0.264 e. The quantitative estimate of drug-likeness (QED) is 0.446. The molecule has 1 amide bonds. The average molecular weight is 479 g/mol. The van der Waals surface area contributed by atoms with Gasteiger partial charge >= 0.3 is 0 Å². The van der Waals surface area contributed by atoms with Crippen molar-refractivity contribution in [2.75, 3.05) is 14.2 Å². The first-order chi connectivity index (χ1) is 16.4. The number of hydrogen-bond acceptors (Lipinski definition) is 6. The lowest BCUT2D eigenvalue weighted by molar-refractivity contribution is -0.115.